The summed E-state index contributed by atoms with van der Waals surface area (Å²) in [5.74, 6) is 0.677. The fourth-order valence-electron chi connectivity index (χ4n) is 3.36. The van der Waals surface area contributed by atoms with E-state index in [-0.39, 0.29) is 10.3 Å². The van der Waals surface area contributed by atoms with Crippen LogP contribution in [0.5, 0.6) is 0 Å². The fraction of sp³-hybridized carbons (Fsp3) is 0.421. The van der Waals surface area contributed by atoms with Crippen LogP contribution >= 0.6 is 11.6 Å². The Balaban J connectivity index is 1.42. The van der Waals surface area contributed by atoms with Crippen molar-refractivity contribution in [2.24, 2.45) is 0 Å². The third kappa shape index (κ3) is 3.96. The van der Waals surface area contributed by atoms with E-state index in [4.69, 9.17) is 16.3 Å². The highest BCUT2D eigenvalue weighted by molar-refractivity contribution is 7.89. The Morgan fingerprint density at radius 1 is 1.11 bits per heavy atom. The molecule has 144 valence electrons. The van der Waals surface area contributed by atoms with Crippen molar-refractivity contribution in [2.75, 3.05) is 38.2 Å². The van der Waals surface area contributed by atoms with Crippen molar-refractivity contribution < 1.29 is 13.2 Å². The van der Waals surface area contributed by atoms with Gasteiger partial charge >= 0.3 is 0 Å². The topological polar surface area (TPSA) is 71.5 Å². The van der Waals surface area contributed by atoms with Crippen molar-refractivity contribution in [2.45, 2.75) is 23.2 Å². The maximum Gasteiger partial charge on any atom is 0.244 e. The van der Waals surface area contributed by atoms with Crippen LogP contribution in [0, 0.1) is 0 Å². The van der Waals surface area contributed by atoms with Crippen LogP contribution in [0.2, 0.25) is 5.02 Å². The first kappa shape index (κ1) is 18.7. The van der Waals surface area contributed by atoms with E-state index in [1.165, 1.54) is 16.1 Å². The normalized spacial score (nSPS) is 19.6. The maximum atomic E-state index is 12.6. The van der Waals surface area contributed by atoms with Crippen LogP contribution in [0.1, 0.15) is 18.4 Å². The molecule has 0 bridgehead atoms. The largest absolute Gasteiger partial charge is 0.379 e. The number of pyridine rings is 1. The van der Waals surface area contributed by atoms with Gasteiger partial charge in [-0.2, -0.15) is 4.31 Å². The number of morpholine rings is 1. The van der Waals surface area contributed by atoms with Crippen LogP contribution in [0.15, 0.2) is 47.5 Å². The van der Waals surface area contributed by atoms with Crippen molar-refractivity contribution in [1.82, 2.24) is 9.29 Å². The minimum Gasteiger partial charge on any atom is -0.379 e. The molecular formula is C19H22ClN3O3S. The number of hydrogen-bond acceptors (Lipinski definition) is 5. The molecule has 1 aromatic heterocycles. The van der Waals surface area contributed by atoms with Crippen LogP contribution in [0.3, 0.4) is 0 Å². The van der Waals surface area contributed by atoms with Gasteiger partial charge in [-0.15, -0.1) is 0 Å². The molecule has 2 fully saturated rings. The minimum atomic E-state index is -3.51. The number of aromatic nitrogens is 1. The van der Waals surface area contributed by atoms with Gasteiger partial charge in [0.25, 0.3) is 0 Å². The van der Waals surface area contributed by atoms with Gasteiger partial charge in [0.05, 0.1) is 13.2 Å². The molecule has 2 aromatic rings. The van der Waals surface area contributed by atoms with Gasteiger partial charge in [0.1, 0.15) is 10.7 Å². The number of nitrogens with zero attached hydrogens (tertiary/aromatic N) is 2. The third-order valence-electron chi connectivity index (χ3n) is 5.26. The number of anilines is 1. The van der Waals surface area contributed by atoms with Gasteiger partial charge < -0.3 is 10.1 Å². The average molecular weight is 408 g/mol. The summed E-state index contributed by atoms with van der Waals surface area (Å²) in [6.45, 7) is 2.38. The molecule has 4 rings (SSSR count). The zero-order valence-electron chi connectivity index (χ0n) is 14.9. The highest BCUT2D eigenvalue weighted by Gasteiger charge is 2.44. The predicted molar refractivity (Wildman–Crippen MR) is 105 cm³/mol. The van der Waals surface area contributed by atoms with Crippen molar-refractivity contribution in [3.63, 3.8) is 0 Å². The summed E-state index contributed by atoms with van der Waals surface area (Å²) >= 11 is 5.98. The molecule has 0 radical (unpaired) electrons. The van der Waals surface area contributed by atoms with Crippen LogP contribution in [0.4, 0.5) is 5.82 Å². The second kappa shape index (κ2) is 7.39. The summed E-state index contributed by atoms with van der Waals surface area (Å²) in [5, 5.41) is 4.08. The van der Waals surface area contributed by atoms with Gasteiger partial charge in [0, 0.05) is 36.3 Å². The molecule has 1 saturated heterocycles. The molecule has 0 atom stereocenters. The van der Waals surface area contributed by atoms with E-state index in [0.29, 0.717) is 32.1 Å². The smallest absolute Gasteiger partial charge is 0.244 e. The molecule has 27 heavy (non-hydrogen) atoms. The molecule has 1 saturated carbocycles. The number of nitrogens with one attached hydrogen (secondary N) is 1. The van der Waals surface area contributed by atoms with Crippen molar-refractivity contribution in [3.8, 4) is 0 Å². The van der Waals surface area contributed by atoms with Crippen LogP contribution in [0.25, 0.3) is 0 Å². The molecule has 1 aromatic carbocycles. The Morgan fingerprint density at radius 2 is 1.81 bits per heavy atom. The second-order valence-electron chi connectivity index (χ2n) is 7.04. The molecule has 0 spiro atoms. The predicted octanol–water partition coefficient (Wildman–Crippen LogP) is 2.90. The molecule has 0 amide bonds. The Labute approximate surface area is 164 Å². The summed E-state index contributed by atoms with van der Waals surface area (Å²) in [6.07, 6.45) is 3.66. The van der Waals surface area contributed by atoms with Crippen molar-refractivity contribution in [1.29, 1.82) is 0 Å². The number of hydrogen-bond donors (Lipinski definition) is 1. The van der Waals surface area contributed by atoms with E-state index in [1.54, 1.807) is 12.1 Å². The summed E-state index contributed by atoms with van der Waals surface area (Å²) in [7, 11) is -3.51. The third-order valence-corrected chi connectivity index (χ3v) is 7.40. The van der Waals surface area contributed by atoms with E-state index in [1.807, 2.05) is 12.1 Å². The summed E-state index contributed by atoms with van der Waals surface area (Å²) in [4.78, 5) is 4.53. The summed E-state index contributed by atoms with van der Waals surface area (Å²) in [5.41, 5.74) is 1.39. The fourth-order valence-corrected chi connectivity index (χ4v) is 4.83. The lowest BCUT2D eigenvalue weighted by molar-refractivity contribution is 0.0730. The van der Waals surface area contributed by atoms with Crippen LogP contribution < -0.4 is 5.32 Å². The number of halogens is 1. The molecule has 8 heteroatoms. The first-order valence-electron chi connectivity index (χ1n) is 9.04. The van der Waals surface area contributed by atoms with Crippen molar-refractivity contribution in [3.05, 3.63) is 53.2 Å². The average Bonchev–Trinajstić information content (AvgIpc) is 3.49. The summed E-state index contributed by atoms with van der Waals surface area (Å²) < 4.78 is 31.9. The molecular weight excluding hydrogens is 386 g/mol. The minimum absolute atomic E-state index is 0.116. The quantitative estimate of drug-likeness (QED) is 0.797. The zero-order chi connectivity index (χ0) is 18.9. The van der Waals surface area contributed by atoms with E-state index in [9.17, 15) is 8.42 Å². The number of rotatable bonds is 6. The van der Waals surface area contributed by atoms with Gasteiger partial charge in [-0.05, 0) is 42.7 Å². The maximum absolute atomic E-state index is 12.6. The number of sulfonamides is 1. The Morgan fingerprint density at radius 3 is 2.41 bits per heavy atom. The number of benzene rings is 1. The molecule has 2 heterocycles. The highest BCUT2D eigenvalue weighted by atomic mass is 35.5. The number of ether oxygens (including phenoxy) is 1. The molecule has 2 aliphatic rings. The molecule has 6 nitrogen and oxygen atoms in total. The first-order valence-corrected chi connectivity index (χ1v) is 10.9. The molecule has 1 N–H and O–H groups in total. The van der Waals surface area contributed by atoms with Gasteiger partial charge in [0.15, 0.2) is 0 Å². The Bertz CT molecular complexity index is 891. The van der Waals surface area contributed by atoms with Crippen LogP contribution in [-0.2, 0) is 20.2 Å². The van der Waals surface area contributed by atoms with E-state index >= 15 is 0 Å². The van der Waals surface area contributed by atoms with Gasteiger partial charge in [-0.25, -0.2) is 13.4 Å². The lowest BCUT2D eigenvalue weighted by atomic mass is 9.96. The Hall–Kier alpha value is -1.67. The first-order chi connectivity index (χ1) is 13.0. The lowest BCUT2D eigenvalue weighted by Crippen LogP contribution is -2.40. The zero-order valence-corrected chi connectivity index (χ0v) is 16.5. The van der Waals surface area contributed by atoms with Crippen LogP contribution in [-0.4, -0.2) is 50.6 Å². The van der Waals surface area contributed by atoms with E-state index < -0.39 is 10.0 Å². The molecule has 1 aliphatic carbocycles. The lowest BCUT2D eigenvalue weighted by Gasteiger charge is -2.26. The van der Waals surface area contributed by atoms with Gasteiger partial charge in [-0.3, -0.25) is 0 Å². The second-order valence-corrected chi connectivity index (χ2v) is 9.41. The standard InChI is InChI=1S/C19H22ClN3O3S/c20-16-3-1-15(2-4-16)19(7-8-19)14-22-18-6-5-17(13-21-18)27(24,25)23-9-11-26-12-10-23/h1-6,13H,7-12,14H2,(H,21,22). The summed E-state index contributed by atoms with van der Waals surface area (Å²) in [6, 6.07) is 11.3. The van der Waals surface area contributed by atoms with Gasteiger partial charge in [-0.1, -0.05) is 23.7 Å². The van der Waals surface area contributed by atoms with E-state index in [0.717, 1.165) is 24.4 Å². The monoisotopic (exact) mass is 407 g/mol. The van der Waals surface area contributed by atoms with Crippen molar-refractivity contribution >= 4 is 27.4 Å². The highest BCUT2D eigenvalue weighted by Crippen LogP contribution is 2.48. The molecule has 1 aliphatic heterocycles. The SMILES string of the molecule is O=S(=O)(c1ccc(NCC2(c3ccc(Cl)cc3)CC2)nc1)N1CCOCC1. The molecule has 0 unspecified atom stereocenters. The Kier molecular flexibility index (Phi) is 5.11. The van der Waals surface area contributed by atoms with Gasteiger partial charge in [0.2, 0.25) is 10.0 Å². The van der Waals surface area contributed by atoms with E-state index in [2.05, 4.69) is 22.4 Å².